The lowest BCUT2D eigenvalue weighted by atomic mass is 10.2. The van der Waals surface area contributed by atoms with Crippen LogP contribution in [-0.2, 0) is 0 Å². The maximum atomic E-state index is 4.07. The van der Waals surface area contributed by atoms with E-state index < -0.39 is 0 Å². The van der Waals surface area contributed by atoms with E-state index in [4.69, 9.17) is 0 Å². The number of hydrogen-bond acceptors (Lipinski definition) is 2. The monoisotopic (exact) mass is 313 g/mol. The summed E-state index contributed by atoms with van der Waals surface area (Å²) in [6, 6.07) is 6.09. The third-order valence-corrected chi connectivity index (χ3v) is 3.28. The predicted octanol–water partition coefficient (Wildman–Crippen LogP) is 6.02. The van der Waals surface area contributed by atoms with E-state index in [1.54, 1.807) is 17.5 Å². The van der Waals surface area contributed by atoms with Gasteiger partial charge in [-0.1, -0.05) is 40.2 Å². The molecule has 0 saturated heterocycles. The van der Waals surface area contributed by atoms with Crippen molar-refractivity contribution in [2.75, 3.05) is 0 Å². The minimum atomic E-state index is 1.16. The Hall–Kier alpha value is -0.670. The van der Waals surface area contributed by atoms with Gasteiger partial charge in [0.15, 0.2) is 0 Å². The van der Waals surface area contributed by atoms with E-state index in [1.165, 1.54) is 12.0 Å². The SMILES string of the molecule is Brc1sccc1-c1cccnc1.CC.CCC. The van der Waals surface area contributed by atoms with Crippen molar-refractivity contribution in [3.63, 3.8) is 0 Å². The molecule has 2 aromatic rings. The standard InChI is InChI=1S/C9H6BrNS.C3H8.C2H6/c10-9-8(3-5-12-9)7-2-1-4-11-6-7;1-3-2;1-2/h1-6H;3H2,1-2H3;1-2H3. The third kappa shape index (κ3) is 5.99. The number of aromatic nitrogens is 1. The average molecular weight is 314 g/mol. The maximum absolute atomic E-state index is 4.07. The average Bonchev–Trinajstić information content (AvgIpc) is 2.80. The Kier molecular flexibility index (Phi) is 10.1. The first-order valence-corrected chi connectivity index (χ1v) is 7.60. The van der Waals surface area contributed by atoms with Crippen LogP contribution in [0.25, 0.3) is 11.1 Å². The van der Waals surface area contributed by atoms with Crippen molar-refractivity contribution in [2.45, 2.75) is 34.1 Å². The Labute approximate surface area is 117 Å². The molecule has 0 unspecified atom stereocenters. The number of halogens is 1. The van der Waals surface area contributed by atoms with E-state index in [0.717, 1.165) is 9.35 Å². The van der Waals surface area contributed by atoms with E-state index in [1.807, 2.05) is 26.1 Å². The van der Waals surface area contributed by atoms with Gasteiger partial charge in [-0.3, -0.25) is 4.98 Å². The molecule has 0 aromatic carbocycles. The summed E-state index contributed by atoms with van der Waals surface area (Å²) in [7, 11) is 0. The molecular weight excluding hydrogens is 294 g/mol. The van der Waals surface area contributed by atoms with Crippen molar-refractivity contribution in [3.05, 3.63) is 39.8 Å². The second-order valence-electron chi connectivity index (χ2n) is 3.06. The normalized spacial score (nSPS) is 8.53. The Morgan fingerprint density at radius 2 is 1.88 bits per heavy atom. The zero-order valence-corrected chi connectivity index (χ0v) is 13.3. The Morgan fingerprint density at radius 3 is 2.29 bits per heavy atom. The number of rotatable bonds is 1. The lowest BCUT2D eigenvalue weighted by Gasteiger charge is -1.95. The van der Waals surface area contributed by atoms with Gasteiger partial charge in [0.25, 0.3) is 0 Å². The molecule has 0 spiro atoms. The van der Waals surface area contributed by atoms with Crippen molar-refractivity contribution in [1.82, 2.24) is 4.98 Å². The fraction of sp³-hybridized carbons (Fsp3) is 0.357. The van der Waals surface area contributed by atoms with Crippen LogP contribution >= 0.6 is 27.3 Å². The van der Waals surface area contributed by atoms with E-state index in [2.05, 4.69) is 52.3 Å². The number of hydrogen-bond donors (Lipinski definition) is 0. The highest BCUT2D eigenvalue weighted by Crippen LogP contribution is 2.31. The van der Waals surface area contributed by atoms with Crippen LogP contribution in [0, 0.1) is 0 Å². The molecule has 3 heteroatoms. The van der Waals surface area contributed by atoms with Crippen LogP contribution in [0.5, 0.6) is 0 Å². The van der Waals surface area contributed by atoms with E-state index in [0.29, 0.717) is 0 Å². The topological polar surface area (TPSA) is 12.9 Å². The molecule has 1 nitrogen and oxygen atoms in total. The highest BCUT2D eigenvalue weighted by Gasteiger charge is 2.02. The molecular formula is C14H20BrNS. The van der Waals surface area contributed by atoms with Crippen molar-refractivity contribution < 1.29 is 0 Å². The zero-order valence-electron chi connectivity index (χ0n) is 10.9. The number of nitrogens with zero attached hydrogens (tertiary/aromatic N) is 1. The molecule has 0 radical (unpaired) electrons. The van der Waals surface area contributed by atoms with Crippen molar-refractivity contribution >= 4 is 27.3 Å². The van der Waals surface area contributed by atoms with Gasteiger partial charge < -0.3 is 0 Å². The van der Waals surface area contributed by atoms with E-state index in [-0.39, 0.29) is 0 Å². The van der Waals surface area contributed by atoms with Crippen molar-refractivity contribution in [3.8, 4) is 11.1 Å². The summed E-state index contributed by atoms with van der Waals surface area (Å²) in [5.41, 5.74) is 2.37. The van der Waals surface area contributed by atoms with Crippen LogP contribution in [0.4, 0.5) is 0 Å². The molecule has 0 bridgehead atoms. The van der Waals surface area contributed by atoms with Gasteiger partial charge in [0, 0.05) is 23.5 Å². The van der Waals surface area contributed by atoms with Gasteiger partial charge in [0.2, 0.25) is 0 Å². The van der Waals surface area contributed by atoms with E-state index in [9.17, 15) is 0 Å². The third-order valence-electron chi connectivity index (χ3n) is 1.59. The van der Waals surface area contributed by atoms with Crippen LogP contribution in [0.1, 0.15) is 34.1 Å². The molecule has 0 N–H and O–H groups in total. The van der Waals surface area contributed by atoms with E-state index >= 15 is 0 Å². The fourth-order valence-corrected chi connectivity index (χ4v) is 2.34. The van der Waals surface area contributed by atoms with Crippen LogP contribution in [0.3, 0.4) is 0 Å². The molecule has 0 atom stereocenters. The summed E-state index contributed by atoms with van der Waals surface area (Å²) in [6.07, 6.45) is 4.90. The second kappa shape index (κ2) is 10.5. The van der Waals surface area contributed by atoms with Crippen LogP contribution < -0.4 is 0 Å². The molecule has 17 heavy (non-hydrogen) atoms. The van der Waals surface area contributed by atoms with Crippen LogP contribution in [-0.4, -0.2) is 4.98 Å². The van der Waals surface area contributed by atoms with Gasteiger partial charge in [-0.05, 0) is 33.4 Å². The minimum absolute atomic E-state index is 1.16. The summed E-state index contributed by atoms with van der Waals surface area (Å²) in [5.74, 6) is 0. The largest absolute Gasteiger partial charge is 0.264 e. The first-order valence-electron chi connectivity index (χ1n) is 5.93. The van der Waals surface area contributed by atoms with Gasteiger partial charge in [-0.15, -0.1) is 11.3 Å². The minimum Gasteiger partial charge on any atom is -0.264 e. The summed E-state index contributed by atoms with van der Waals surface area (Å²) in [5, 5.41) is 2.06. The molecule has 0 amide bonds. The molecule has 0 aliphatic carbocycles. The van der Waals surface area contributed by atoms with Crippen LogP contribution in [0.2, 0.25) is 0 Å². The first-order chi connectivity index (χ1) is 8.29. The van der Waals surface area contributed by atoms with Crippen LogP contribution in [0.15, 0.2) is 39.8 Å². The molecule has 2 heterocycles. The van der Waals surface area contributed by atoms with Gasteiger partial charge in [0.1, 0.15) is 0 Å². The molecule has 0 saturated carbocycles. The summed E-state index contributed by atoms with van der Waals surface area (Å²) < 4.78 is 1.16. The second-order valence-corrected chi connectivity index (χ2v) is 5.29. The number of pyridine rings is 1. The molecule has 0 fully saturated rings. The zero-order chi connectivity index (χ0) is 13.1. The predicted molar refractivity (Wildman–Crippen MR) is 82.6 cm³/mol. The highest BCUT2D eigenvalue weighted by molar-refractivity contribution is 9.11. The van der Waals surface area contributed by atoms with Crippen molar-refractivity contribution in [2.24, 2.45) is 0 Å². The molecule has 94 valence electrons. The molecule has 0 aliphatic rings. The quantitative estimate of drug-likeness (QED) is 0.627. The van der Waals surface area contributed by atoms with Crippen molar-refractivity contribution in [1.29, 1.82) is 0 Å². The lowest BCUT2D eigenvalue weighted by Crippen LogP contribution is -1.75. The summed E-state index contributed by atoms with van der Waals surface area (Å²) >= 11 is 5.18. The maximum Gasteiger partial charge on any atom is 0.0777 e. The molecule has 0 aliphatic heterocycles. The summed E-state index contributed by atoms with van der Waals surface area (Å²) in [6.45, 7) is 8.25. The summed E-state index contributed by atoms with van der Waals surface area (Å²) in [4.78, 5) is 4.07. The fourth-order valence-electron chi connectivity index (χ4n) is 1.02. The molecule has 2 rings (SSSR count). The van der Waals surface area contributed by atoms with Gasteiger partial charge in [0.05, 0.1) is 3.79 Å². The highest BCUT2D eigenvalue weighted by atomic mass is 79.9. The number of thiophene rings is 1. The molecule has 2 aromatic heterocycles. The lowest BCUT2D eigenvalue weighted by molar-refractivity contribution is 1.09. The Balaban J connectivity index is 0.000000450. The first kappa shape index (κ1) is 16.3. The Morgan fingerprint density at radius 1 is 1.24 bits per heavy atom. The van der Waals surface area contributed by atoms with Gasteiger partial charge >= 0.3 is 0 Å². The van der Waals surface area contributed by atoms with Gasteiger partial charge in [-0.2, -0.15) is 0 Å². The Bertz CT molecular complexity index is 384. The smallest absolute Gasteiger partial charge is 0.0777 e. The van der Waals surface area contributed by atoms with Gasteiger partial charge in [-0.25, -0.2) is 0 Å².